The van der Waals surface area contributed by atoms with Gasteiger partial charge >= 0.3 is 0 Å². The molecule has 0 heterocycles. The van der Waals surface area contributed by atoms with Crippen molar-refractivity contribution in [1.29, 1.82) is 0 Å². The highest BCUT2D eigenvalue weighted by molar-refractivity contribution is 7.86. The molecule has 26 heavy (non-hydrogen) atoms. The van der Waals surface area contributed by atoms with Gasteiger partial charge in [0.25, 0.3) is 10.1 Å². The number of aryl methyl sites for hydroxylation is 1. The van der Waals surface area contributed by atoms with Gasteiger partial charge in [-0.25, -0.2) is 0 Å². The molecule has 0 aliphatic carbocycles. The normalized spacial score (nSPS) is 11.5. The van der Waals surface area contributed by atoms with E-state index in [0.29, 0.717) is 4.90 Å². The molecular formula is C21H39NO3S. The maximum Gasteiger partial charge on any atom is 0.297 e. The van der Waals surface area contributed by atoms with Crippen molar-refractivity contribution in [2.45, 2.75) is 102 Å². The van der Waals surface area contributed by atoms with Crippen molar-refractivity contribution in [3.05, 3.63) is 29.8 Å². The fraction of sp³-hybridized carbons (Fsp3) is 0.714. The summed E-state index contributed by atoms with van der Waals surface area (Å²) in [4.78, 5) is 0.333. The second kappa shape index (κ2) is 14.2. The molecule has 0 aliphatic heterocycles. The van der Waals surface area contributed by atoms with Gasteiger partial charge in [-0.05, 0) is 38.3 Å². The molecule has 1 aromatic rings. The molecule has 1 rings (SSSR count). The highest BCUT2D eigenvalue weighted by atomic mass is 32.2. The second-order valence-corrected chi connectivity index (χ2v) is 8.68. The van der Waals surface area contributed by atoms with E-state index in [0.717, 1.165) is 24.8 Å². The van der Waals surface area contributed by atoms with Crippen LogP contribution in [0.15, 0.2) is 29.2 Å². The fourth-order valence-electron chi connectivity index (χ4n) is 3.06. The van der Waals surface area contributed by atoms with E-state index in [1.165, 1.54) is 51.4 Å². The first-order valence-corrected chi connectivity index (χ1v) is 11.4. The van der Waals surface area contributed by atoms with Crippen molar-refractivity contribution >= 4 is 10.1 Å². The summed E-state index contributed by atoms with van der Waals surface area (Å²) in [5.74, 6) is 0. The zero-order valence-corrected chi connectivity index (χ0v) is 17.8. The van der Waals surface area contributed by atoms with Gasteiger partial charge in [0.2, 0.25) is 0 Å². The first-order valence-electron chi connectivity index (χ1n) is 9.98. The number of hydrogen-bond acceptors (Lipinski definition) is 4. The summed E-state index contributed by atoms with van der Waals surface area (Å²) in [6.07, 6.45) is 13.3. The van der Waals surface area contributed by atoms with Crippen LogP contribution in [0.1, 0.15) is 90.5 Å². The quantitative estimate of drug-likeness (QED) is 0.296. The zero-order chi connectivity index (χ0) is 18.5. The predicted octanol–water partition coefficient (Wildman–Crippen LogP) is 6.43. The monoisotopic (exact) mass is 385 g/mol. The second-order valence-electron chi connectivity index (χ2n) is 7.14. The van der Waals surface area contributed by atoms with Gasteiger partial charge in [-0.3, -0.25) is 4.18 Å². The molecule has 0 fully saturated rings. The number of rotatable bonds is 14. The summed E-state index contributed by atoms with van der Waals surface area (Å²) in [6.45, 7) is 5.73. The Hall–Kier alpha value is -0.910. The van der Waals surface area contributed by atoms with E-state index >= 15 is 0 Å². The van der Waals surface area contributed by atoms with Crippen LogP contribution < -0.4 is 6.15 Å². The fourth-order valence-corrected chi connectivity index (χ4v) is 4.41. The van der Waals surface area contributed by atoms with Gasteiger partial charge in [0.05, 0.1) is 11.0 Å². The third-order valence-corrected chi connectivity index (χ3v) is 5.94. The minimum absolute atomic E-state index is 0. The molecule has 0 unspecified atom stereocenters. The molecule has 0 saturated carbocycles. The summed E-state index contributed by atoms with van der Waals surface area (Å²) in [5.41, 5.74) is 0.878. The predicted molar refractivity (Wildman–Crippen MR) is 110 cm³/mol. The maximum absolute atomic E-state index is 12.3. The highest BCUT2D eigenvalue weighted by Crippen LogP contribution is 2.21. The van der Waals surface area contributed by atoms with Crippen LogP contribution in [0.3, 0.4) is 0 Å². The molecule has 0 aromatic heterocycles. The van der Waals surface area contributed by atoms with Crippen LogP contribution in [0.2, 0.25) is 0 Å². The molecule has 5 heteroatoms. The molecule has 1 aromatic carbocycles. The third-order valence-electron chi connectivity index (χ3n) is 4.36. The maximum atomic E-state index is 12.3. The number of unbranched alkanes of at least 4 members (excludes halogenated alkanes) is 9. The lowest BCUT2D eigenvalue weighted by molar-refractivity contribution is 0.248. The molecule has 0 bridgehead atoms. The van der Waals surface area contributed by atoms with E-state index in [4.69, 9.17) is 4.18 Å². The van der Waals surface area contributed by atoms with E-state index in [1.54, 1.807) is 26.0 Å². The minimum Gasteiger partial charge on any atom is -0.344 e. The van der Waals surface area contributed by atoms with Crippen molar-refractivity contribution in [3.63, 3.8) is 0 Å². The first kappa shape index (κ1) is 25.1. The lowest BCUT2D eigenvalue weighted by Gasteiger charge is -2.12. The smallest absolute Gasteiger partial charge is 0.297 e. The third kappa shape index (κ3) is 10.3. The van der Waals surface area contributed by atoms with Crippen molar-refractivity contribution in [2.24, 2.45) is 0 Å². The van der Waals surface area contributed by atoms with E-state index in [-0.39, 0.29) is 12.3 Å². The molecule has 0 atom stereocenters. The van der Waals surface area contributed by atoms with Crippen molar-refractivity contribution in [2.75, 3.05) is 0 Å². The largest absolute Gasteiger partial charge is 0.344 e. The summed E-state index contributed by atoms with van der Waals surface area (Å²) >= 11 is 0. The SMILES string of the molecule is CCCCCCCCCCCCc1ccccc1S(=O)(=O)OC(C)C.N. The van der Waals surface area contributed by atoms with Gasteiger partial charge in [0.15, 0.2) is 0 Å². The summed E-state index contributed by atoms with van der Waals surface area (Å²) in [7, 11) is -3.65. The van der Waals surface area contributed by atoms with E-state index in [1.807, 2.05) is 12.1 Å². The van der Waals surface area contributed by atoms with Crippen LogP contribution >= 0.6 is 0 Å². The Morgan fingerprint density at radius 2 is 1.35 bits per heavy atom. The van der Waals surface area contributed by atoms with Crippen molar-refractivity contribution in [1.82, 2.24) is 6.15 Å². The minimum atomic E-state index is -3.65. The van der Waals surface area contributed by atoms with Gasteiger partial charge in [0, 0.05) is 0 Å². The van der Waals surface area contributed by atoms with Crippen molar-refractivity contribution in [3.8, 4) is 0 Å². The molecule has 4 nitrogen and oxygen atoms in total. The van der Waals surface area contributed by atoms with Gasteiger partial charge in [0.1, 0.15) is 0 Å². The van der Waals surface area contributed by atoms with Crippen LogP contribution in [0, 0.1) is 0 Å². The lowest BCUT2D eigenvalue weighted by atomic mass is 10.0. The van der Waals surface area contributed by atoms with Crippen LogP contribution in [0.4, 0.5) is 0 Å². The first-order chi connectivity index (χ1) is 12.0. The van der Waals surface area contributed by atoms with Gasteiger partial charge in [-0.2, -0.15) is 8.42 Å². The Labute approximate surface area is 161 Å². The highest BCUT2D eigenvalue weighted by Gasteiger charge is 2.20. The molecule has 152 valence electrons. The molecular weight excluding hydrogens is 346 g/mol. The lowest BCUT2D eigenvalue weighted by Crippen LogP contribution is -2.14. The molecule has 0 aliphatic rings. The topological polar surface area (TPSA) is 78.4 Å². The van der Waals surface area contributed by atoms with Crippen LogP contribution in [-0.4, -0.2) is 14.5 Å². The Kier molecular flexibility index (Phi) is 13.7. The number of hydrogen-bond donors (Lipinski definition) is 1. The Bertz CT molecular complexity index is 570. The zero-order valence-electron chi connectivity index (χ0n) is 17.0. The van der Waals surface area contributed by atoms with Crippen LogP contribution in [0.25, 0.3) is 0 Å². The van der Waals surface area contributed by atoms with E-state index < -0.39 is 10.1 Å². The molecule has 0 amide bonds. The average molecular weight is 386 g/mol. The summed E-state index contributed by atoms with van der Waals surface area (Å²) < 4.78 is 29.8. The molecule has 0 spiro atoms. The van der Waals surface area contributed by atoms with Gasteiger partial charge < -0.3 is 6.15 Å². The van der Waals surface area contributed by atoms with E-state index in [9.17, 15) is 8.42 Å². The van der Waals surface area contributed by atoms with Gasteiger partial charge in [-0.1, -0.05) is 82.9 Å². The van der Waals surface area contributed by atoms with Crippen molar-refractivity contribution < 1.29 is 12.6 Å². The van der Waals surface area contributed by atoms with Crippen LogP contribution in [-0.2, 0) is 20.7 Å². The summed E-state index contributed by atoms with van der Waals surface area (Å²) in [5, 5.41) is 0. The molecule has 0 saturated heterocycles. The average Bonchev–Trinajstić information content (AvgIpc) is 2.56. The Morgan fingerprint density at radius 3 is 1.88 bits per heavy atom. The molecule has 0 radical (unpaired) electrons. The van der Waals surface area contributed by atoms with E-state index in [2.05, 4.69) is 6.92 Å². The Balaban J connectivity index is 0.00000625. The Morgan fingerprint density at radius 1 is 0.846 bits per heavy atom. The van der Waals surface area contributed by atoms with Gasteiger partial charge in [-0.15, -0.1) is 0 Å². The standard InChI is InChI=1S/C21H36O3S.H3N/c1-4-5-6-7-8-9-10-11-12-13-16-20-17-14-15-18-21(20)25(22,23)24-19(2)3;/h14-15,17-19H,4-13,16H2,1-3H3;1H3. The molecule has 3 N–H and O–H groups in total. The van der Waals surface area contributed by atoms with Crippen LogP contribution in [0.5, 0.6) is 0 Å². The number of benzene rings is 1. The summed E-state index contributed by atoms with van der Waals surface area (Å²) in [6, 6.07) is 7.23.